The van der Waals surface area contributed by atoms with E-state index in [1.807, 2.05) is 27.2 Å². The first-order valence-electron chi connectivity index (χ1n) is 24.9. The summed E-state index contributed by atoms with van der Waals surface area (Å²) < 4.78 is 23.2. The molecule has 1 amide bonds. The lowest BCUT2D eigenvalue weighted by atomic mass is 10.0. The van der Waals surface area contributed by atoms with E-state index in [-0.39, 0.29) is 12.5 Å². The van der Waals surface area contributed by atoms with Gasteiger partial charge in [0.1, 0.15) is 13.2 Å². The van der Waals surface area contributed by atoms with Crippen LogP contribution in [0.4, 0.5) is 0 Å². The van der Waals surface area contributed by atoms with E-state index in [0.29, 0.717) is 17.4 Å². The lowest BCUT2D eigenvalue weighted by molar-refractivity contribution is -0.870. The number of likely N-dealkylation sites (N-methyl/N-ethyl adjacent to an activating group) is 1. The van der Waals surface area contributed by atoms with Crippen molar-refractivity contribution in [2.75, 3.05) is 40.9 Å². The Morgan fingerprint density at radius 2 is 0.949 bits per heavy atom. The minimum Gasteiger partial charge on any atom is -0.756 e. The maximum absolute atomic E-state index is 12.9. The Kier molecular flexibility index (Phi) is 41.1. The van der Waals surface area contributed by atoms with E-state index >= 15 is 0 Å². The highest BCUT2D eigenvalue weighted by Gasteiger charge is 2.23. The van der Waals surface area contributed by atoms with Crippen LogP contribution in [0.5, 0.6) is 0 Å². The number of carbonyl (C=O) groups excluding carboxylic acids is 1. The van der Waals surface area contributed by atoms with Gasteiger partial charge in [-0.15, -0.1) is 0 Å². The smallest absolute Gasteiger partial charge is 0.268 e. The molecule has 0 aromatic heterocycles. The van der Waals surface area contributed by atoms with Gasteiger partial charge >= 0.3 is 0 Å². The molecule has 0 aromatic rings. The number of nitrogens with zero attached hydrogens (tertiary/aromatic N) is 1. The quantitative estimate of drug-likeness (QED) is 0.0273. The van der Waals surface area contributed by atoms with E-state index in [4.69, 9.17) is 9.05 Å². The summed E-state index contributed by atoms with van der Waals surface area (Å²) >= 11 is 0. The maximum Gasteiger partial charge on any atom is 0.268 e. The molecule has 0 saturated carbocycles. The second kappa shape index (κ2) is 42.0. The minimum atomic E-state index is -4.60. The third-order valence-corrected chi connectivity index (χ3v) is 12.0. The summed E-state index contributed by atoms with van der Waals surface area (Å²) in [5.41, 5.74) is 0. The van der Waals surface area contributed by atoms with Crippen LogP contribution >= 0.6 is 7.82 Å². The number of unbranched alkanes of at least 4 members (excludes halogenated alkanes) is 28. The molecule has 0 fully saturated rings. The summed E-state index contributed by atoms with van der Waals surface area (Å²) in [4.78, 5) is 25.3. The average molecular weight is 853 g/mol. The van der Waals surface area contributed by atoms with Crippen LogP contribution in [0.25, 0.3) is 0 Å². The van der Waals surface area contributed by atoms with Gasteiger partial charge in [-0.3, -0.25) is 9.36 Å². The van der Waals surface area contributed by atoms with E-state index < -0.39 is 26.6 Å². The zero-order valence-corrected chi connectivity index (χ0v) is 40.4. The standard InChI is InChI=1S/C50H97N2O6P/c1-6-8-10-12-14-16-18-20-21-22-23-24-25-26-27-28-29-30-31-32-34-36-38-40-42-44-50(54)51-48(47-58-59(55,56)57-46-45-52(3,4)5)49(53)43-41-39-37-35-33-19-17-15-13-11-9-7-2/h13,15,33,35,41,43,48-49,53H,6-12,14,16-32,34,36-40,42,44-47H2,1-5H3,(H-,51,54,55,56)/b15-13+,35-33+,43-41+. The van der Waals surface area contributed by atoms with Crippen LogP contribution in [0, 0.1) is 0 Å². The van der Waals surface area contributed by atoms with Crippen LogP contribution in [0.1, 0.15) is 226 Å². The molecule has 0 spiro atoms. The summed E-state index contributed by atoms with van der Waals surface area (Å²) in [6, 6.07) is -0.905. The van der Waals surface area contributed by atoms with Crippen molar-refractivity contribution in [3.8, 4) is 0 Å². The van der Waals surface area contributed by atoms with Crippen LogP contribution in [0.3, 0.4) is 0 Å². The fraction of sp³-hybridized carbons (Fsp3) is 0.860. The molecule has 348 valence electrons. The Morgan fingerprint density at radius 3 is 1.36 bits per heavy atom. The number of phosphoric acid groups is 1. The van der Waals surface area contributed by atoms with Gasteiger partial charge in [0.25, 0.3) is 7.82 Å². The molecule has 3 unspecified atom stereocenters. The van der Waals surface area contributed by atoms with Crippen molar-refractivity contribution < 1.29 is 32.9 Å². The second-order valence-corrected chi connectivity index (χ2v) is 19.6. The fourth-order valence-corrected chi connectivity index (χ4v) is 7.84. The first-order valence-corrected chi connectivity index (χ1v) is 26.3. The first-order chi connectivity index (χ1) is 28.5. The number of hydrogen-bond acceptors (Lipinski definition) is 6. The predicted octanol–water partition coefficient (Wildman–Crippen LogP) is 13.6. The molecule has 3 atom stereocenters. The molecule has 0 radical (unpaired) electrons. The summed E-state index contributed by atoms with van der Waals surface area (Å²) in [5.74, 6) is -0.210. The third kappa shape index (κ3) is 44.6. The van der Waals surface area contributed by atoms with Crippen molar-refractivity contribution in [3.63, 3.8) is 0 Å². The van der Waals surface area contributed by atoms with Crippen LogP contribution in [-0.2, 0) is 18.4 Å². The number of rotatable bonds is 45. The molecule has 0 bridgehead atoms. The Labute approximate surface area is 366 Å². The van der Waals surface area contributed by atoms with Crippen molar-refractivity contribution >= 4 is 13.7 Å². The van der Waals surface area contributed by atoms with Gasteiger partial charge in [-0.2, -0.15) is 0 Å². The number of aliphatic hydroxyl groups excluding tert-OH is 1. The lowest BCUT2D eigenvalue weighted by Crippen LogP contribution is -2.45. The van der Waals surface area contributed by atoms with Gasteiger partial charge in [0.05, 0.1) is 39.9 Å². The Bertz CT molecular complexity index is 1060. The molecular formula is C50H97N2O6P. The highest BCUT2D eigenvalue weighted by atomic mass is 31.2. The molecule has 0 aliphatic rings. The number of carbonyl (C=O) groups is 1. The van der Waals surface area contributed by atoms with Crippen molar-refractivity contribution in [2.45, 2.75) is 238 Å². The molecule has 59 heavy (non-hydrogen) atoms. The van der Waals surface area contributed by atoms with Crippen molar-refractivity contribution in [1.82, 2.24) is 5.32 Å². The van der Waals surface area contributed by atoms with Gasteiger partial charge in [0, 0.05) is 6.42 Å². The van der Waals surface area contributed by atoms with Crippen molar-refractivity contribution in [3.05, 3.63) is 36.5 Å². The van der Waals surface area contributed by atoms with E-state index in [1.54, 1.807) is 6.08 Å². The zero-order chi connectivity index (χ0) is 43.6. The van der Waals surface area contributed by atoms with Gasteiger partial charge in [-0.05, 0) is 38.5 Å². The molecule has 0 aliphatic heterocycles. The largest absolute Gasteiger partial charge is 0.756 e. The molecule has 0 aliphatic carbocycles. The molecule has 0 heterocycles. The summed E-state index contributed by atoms with van der Waals surface area (Å²) in [7, 11) is 1.24. The van der Waals surface area contributed by atoms with E-state index in [2.05, 4.69) is 43.5 Å². The van der Waals surface area contributed by atoms with Crippen LogP contribution in [0.15, 0.2) is 36.5 Å². The Hall–Kier alpha value is -1.28. The number of hydrogen-bond donors (Lipinski definition) is 2. The first kappa shape index (κ1) is 57.7. The molecule has 9 heteroatoms. The lowest BCUT2D eigenvalue weighted by Gasteiger charge is -2.29. The van der Waals surface area contributed by atoms with Gasteiger partial charge in [-0.1, -0.05) is 217 Å². The van der Waals surface area contributed by atoms with Gasteiger partial charge in [0.15, 0.2) is 0 Å². The van der Waals surface area contributed by atoms with E-state index in [1.165, 1.54) is 154 Å². The number of allylic oxidation sites excluding steroid dienone is 5. The number of amides is 1. The Balaban J connectivity index is 4.19. The maximum atomic E-state index is 12.9. The van der Waals surface area contributed by atoms with Crippen molar-refractivity contribution in [1.29, 1.82) is 0 Å². The van der Waals surface area contributed by atoms with Gasteiger partial charge in [-0.25, -0.2) is 0 Å². The molecule has 2 N–H and O–H groups in total. The van der Waals surface area contributed by atoms with Crippen LogP contribution in [-0.4, -0.2) is 68.5 Å². The van der Waals surface area contributed by atoms with E-state index in [9.17, 15) is 19.4 Å². The molecule has 0 saturated heterocycles. The van der Waals surface area contributed by atoms with Gasteiger partial charge in [0.2, 0.25) is 5.91 Å². The third-order valence-electron chi connectivity index (χ3n) is 11.1. The highest BCUT2D eigenvalue weighted by Crippen LogP contribution is 2.38. The SMILES string of the molecule is CCCC/C=C/CC/C=C/CC/C=C/C(O)C(COP(=O)([O-])OCC[N+](C)(C)C)NC(=O)CCCCCCCCCCCCCCCCCCCCCCCCCCC. The second-order valence-electron chi connectivity index (χ2n) is 18.2. The predicted molar refractivity (Wildman–Crippen MR) is 251 cm³/mol. The van der Waals surface area contributed by atoms with Crippen LogP contribution in [0.2, 0.25) is 0 Å². The highest BCUT2D eigenvalue weighted by molar-refractivity contribution is 7.45. The molecule has 8 nitrogen and oxygen atoms in total. The summed E-state index contributed by atoms with van der Waals surface area (Å²) in [6.45, 7) is 4.58. The Morgan fingerprint density at radius 1 is 0.576 bits per heavy atom. The van der Waals surface area contributed by atoms with Crippen molar-refractivity contribution in [2.24, 2.45) is 0 Å². The molecular weight excluding hydrogens is 756 g/mol. The molecule has 0 rings (SSSR count). The average Bonchev–Trinajstić information content (AvgIpc) is 3.19. The topological polar surface area (TPSA) is 108 Å². The number of phosphoric ester groups is 1. The van der Waals surface area contributed by atoms with Crippen LogP contribution < -0.4 is 10.2 Å². The normalized spacial score (nSPS) is 14.5. The zero-order valence-electron chi connectivity index (χ0n) is 39.5. The number of nitrogens with one attached hydrogen (secondary N) is 1. The number of quaternary nitrogens is 1. The summed E-state index contributed by atoms with van der Waals surface area (Å²) in [5, 5.41) is 13.7. The van der Waals surface area contributed by atoms with E-state index in [0.717, 1.165) is 51.4 Å². The summed E-state index contributed by atoms with van der Waals surface area (Å²) in [6.07, 6.45) is 52.2. The van der Waals surface area contributed by atoms with Gasteiger partial charge < -0.3 is 28.8 Å². The molecule has 0 aromatic carbocycles. The monoisotopic (exact) mass is 853 g/mol. The number of aliphatic hydroxyl groups is 1. The minimum absolute atomic E-state index is 0.00793. The fourth-order valence-electron chi connectivity index (χ4n) is 7.11.